The fourth-order valence-corrected chi connectivity index (χ4v) is 2.57. The van der Waals surface area contributed by atoms with Crippen LogP contribution in [-0.4, -0.2) is 16.1 Å². The molecule has 0 aliphatic carbocycles. The van der Waals surface area contributed by atoms with Gasteiger partial charge in [-0.2, -0.15) is 10.4 Å². The van der Waals surface area contributed by atoms with E-state index >= 15 is 0 Å². The highest BCUT2D eigenvalue weighted by Gasteiger charge is 2.09. The van der Waals surface area contributed by atoms with E-state index in [0.717, 1.165) is 21.9 Å². The molecule has 1 aromatic carbocycles. The lowest BCUT2D eigenvalue weighted by Crippen LogP contribution is -1.93. The van der Waals surface area contributed by atoms with Crippen LogP contribution >= 0.6 is 11.8 Å². The zero-order valence-corrected chi connectivity index (χ0v) is 10.9. The number of rotatable bonds is 3. The third kappa shape index (κ3) is 2.44. The Balaban J connectivity index is 2.38. The Morgan fingerprint density at radius 1 is 1.44 bits per heavy atom. The van der Waals surface area contributed by atoms with Crippen molar-refractivity contribution in [3.8, 4) is 6.07 Å². The number of carbonyl (C=O) groups excluding carboxylic acids is 1. The van der Waals surface area contributed by atoms with Crippen molar-refractivity contribution in [3.05, 3.63) is 41.1 Å². The van der Waals surface area contributed by atoms with Crippen molar-refractivity contribution in [2.24, 2.45) is 7.05 Å². The summed E-state index contributed by atoms with van der Waals surface area (Å²) in [5.41, 5.74) is 1.95. The number of nitriles is 1. The van der Waals surface area contributed by atoms with Gasteiger partial charge in [0.1, 0.15) is 12.4 Å². The van der Waals surface area contributed by atoms with Crippen molar-refractivity contribution in [1.82, 2.24) is 9.78 Å². The maximum Gasteiger partial charge on any atom is 0.150 e. The Morgan fingerprint density at radius 2 is 2.22 bits per heavy atom. The van der Waals surface area contributed by atoms with Gasteiger partial charge in [-0.3, -0.25) is 9.48 Å². The van der Waals surface area contributed by atoms with Crippen molar-refractivity contribution in [2.45, 2.75) is 16.8 Å². The van der Waals surface area contributed by atoms with Gasteiger partial charge in [0.2, 0.25) is 0 Å². The molecule has 0 saturated carbocycles. The minimum atomic E-state index is 0.503. The van der Waals surface area contributed by atoms with E-state index in [1.165, 1.54) is 11.8 Å². The van der Waals surface area contributed by atoms with E-state index in [9.17, 15) is 4.79 Å². The summed E-state index contributed by atoms with van der Waals surface area (Å²) in [7, 11) is 1.86. The Kier molecular flexibility index (Phi) is 3.49. The van der Waals surface area contributed by atoms with Gasteiger partial charge >= 0.3 is 0 Å². The first-order valence-corrected chi connectivity index (χ1v) is 6.13. The van der Waals surface area contributed by atoms with Crippen LogP contribution in [0.15, 0.2) is 34.2 Å². The summed E-state index contributed by atoms with van der Waals surface area (Å²) in [6.45, 7) is 1.92. The molecule has 0 radical (unpaired) electrons. The fraction of sp³-hybridized carbons (Fsp3) is 0.154. The normalized spacial score (nSPS) is 10.1. The van der Waals surface area contributed by atoms with Gasteiger partial charge in [0.05, 0.1) is 16.3 Å². The molecule has 0 N–H and O–H groups in total. The molecule has 0 spiro atoms. The third-order valence-corrected chi connectivity index (χ3v) is 3.60. The molecule has 4 nitrogen and oxygen atoms in total. The molecular formula is C13H11N3OS. The molecule has 1 heterocycles. The summed E-state index contributed by atoms with van der Waals surface area (Å²) in [5.74, 6) is 0. The van der Waals surface area contributed by atoms with Gasteiger partial charge in [-0.05, 0) is 25.1 Å². The average Bonchev–Trinajstić information content (AvgIpc) is 2.68. The molecular weight excluding hydrogens is 246 g/mol. The number of aryl methyl sites for hydroxylation is 2. The maximum absolute atomic E-state index is 10.7. The van der Waals surface area contributed by atoms with Crippen LogP contribution in [0.3, 0.4) is 0 Å². The van der Waals surface area contributed by atoms with Crippen molar-refractivity contribution in [1.29, 1.82) is 5.26 Å². The van der Waals surface area contributed by atoms with E-state index in [1.54, 1.807) is 22.9 Å². The summed E-state index contributed by atoms with van der Waals surface area (Å²) in [5, 5.41) is 14.3. The van der Waals surface area contributed by atoms with Crippen molar-refractivity contribution in [2.75, 3.05) is 0 Å². The van der Waals surface area contributed by atoms with Crippen LogP contribution in [0.2, 0.25) is 0 Å². The van der Waals surface area contributed by atoms with Crippen molar-refractivity contribution < 1.29 is 4.79 Å². The molecule has 0 bridgehead atoms. The van der Waals surface area contributed by atoms with Gasteiger partial charge in [-0.25, -0.2) is 0 Å². The lowest BCUT2D eigenvalue weighted by atomic mass is 10.1. The Hall–Kier alpha value is -2.06. The Morgan fingerprint density at radius 3 is 2.78 bits per heavy atom. The molecule has 18 heavy (non-hydrogen) atoms. The molecule has 5 heteroatoms. The van der Waals surface area contributed by atoms with Crippen molar-refractivity contribution >= 4 is 18.0 Å². The van der Waals surface area contributed by atoms with Crippen LogP contribution < -0.4 is 0 Å². The predicted octanol–water partition coefficient (Wildman–Crippen LogP) is 2.56. The molecule has 0 unspecified atom stereocenters. The third-order valence-electron chi connectivity index (χ3n) is 2.43. The molecule has 90 valence electrons. The standard InChI is InChI=1S/C13H11N3OS/c1-9-5-13(16(2)15-9)18-12-4-3-10(8-17)6-11(12)7-14/h3-6,8H,1-2H3. The Labute approximate surface area is 109 Å². The van der Waals surface area contributed by atoms with Crippen LogP contribution in [0.1, 0.15) is 21.6 Å². The van der Waals surface area contributed by atoms with Gasteiger partial charge in [-0.1, -0.05) is 17.8 Å². The van der Waals surface area contributed by atoms with Crippen LogP contribution in [0.25, 0.3) is 0 Å². The van der Waals surface area contributed by atoms with E-state index in [-0.39, 0.29) is 0 Å². The summed E-state index contributed by atoms with van der Waals surface area (Å²) in [6.07, 6.45) is 0.740. The molecule has 0 fully saturated rings. The number of carbonyl (C=O) groups is 1. The quantitative estimate of drug-likeness (QED) is 0.793. The van der Waals surface area contributed by atoms with Crippen LogP contribution in [0, 0.1) is 18.3 Å². The lowest BCUT2D eigenvalue weighted by Gasteiger charge is -2.04. The van der Waals surface area contributed by atoms with Crippen LogP contribution in [-0.2, 0) is 7.05 Å². The number of hydrogen-bond donors (Lipinski definition) is 0. The lowest BCUT2D eigenvalue weighted by molar-refractivity contribution is 0.112. The number of aldehydes is 1. The second-order valence-corrected chi connectivity index (χ2v) is 4.90. The molecule has 0 atom stereocenters. The summed E-state index contributed by atoms with van der Waals surface area (Å²) < 4.78 is 1.77. The largest absolute Gasteiger partial charge is 0.298 e. The first-order valence-electron chi connectivity index (χ1n) is 5.32. The fourth-order valence-electron chi connectivity index (χ4n) is 1.59. The summed E-state index contributed by atoms with van der Waals surface area (Å²) in [6, 6.07) is 9.16. The van der Waals surface area contributed by atoms with Gasteiger partial charge in [0.25, 0.3) is 0 Å². The van der Waals surface area contributed by atoms with Gasteiger partial charge < -0.3 is 0 Å². The van der Waals surface area contributed by atoms with Gasteiger partial charge in [0.15, 0.2) is 0 Å². The minimum absolute atomic E-state index is 0.503. The topological polar surface area (TPSA) is 58.7 Å². The number of aromatic nitrogens is 2. The van der Waals surface area contributed by atoms with Gasteiger partial charge in [0, 0.05) is 17.5 Å². The van der Waals surface area contributed by atoms with E-state index in [2.05, 4.69) is 11.2 Å². The van der Waals surface area contributed by atoms with E-state index in [1.807, 2.05) is 20.0 Å². The monoisotopic (exact) mass is 257 g/mol. The number of nitrogens with zero attached hydrogens (tertiary/aromatic N) is 3. The van der Waals surface area contributed by atoms with E-state index < -0.39 is 0 Å². The first-order chi connectivity index (χ1) is 8.63. The molecule has 0 amide bonds. The predicted molar refractivity (Wildman–Crippen MR) is 68.6 cm³/mol. The maximum atomic E-state index is 10.7. The van der Waals surface area contributed by atoms with Crippen LogP contribution in [0.4, 0.5) is 0 Å². The minimum Gasteiger partial charge on any atom is -0.298 e. The second-order valence-electron chi connectivity index (χ2n) is 3.83. The van der Waals surface area contributed by atoms with E-state index in [4.69, 9.17) is 5.26 Å². The number of benzene rings is 1. The highest BCUT2D eigenvalue weighted by atomic mass is 32.2. The molecule has 2 aromatic rings. The summed E-state index contributed by atoms with van der Waals surface area (Å²) in [4.78, 5) is 11.5. The smallest absolute Gasteiger partial charge is 0.150 e. The van der Waals surface area contributed by atoms with E-state index in [0.29, 0.717) is 11.1 Å². The average molecular weight is 257 g/mol. The Bertz CT molecular complexity index is 640. The molecule has 0 aliphatic heterocycles. The zero-order chi connectivity index (χ0) is 13.1. The molecule has 0 aliphatic rings. The number of hydrogen-bond acceptors (Lipinski definition) is 4. The molecule has 0 saturated heterocycles. The van der Waals surface area contributed by atoms with Crippen molar-refractivity contribution in [3.63, 3.8) is 0 Å². The second kappa shape index (κ2) is 5.07. The molecule has 1 aromatic heterocycles. The highest BCUT2D eigenvalue weighted by Crippen LogP contribution is 2.30. The summed E-state index contributed by atoms with van der Waals surface area (Å²) >= 11 is 1.47. The van der Waals surface area contributed by atoms with Crippen LogP contribution in [0.5, 0.6) is 0 Å². The SMILES string of the molecule is Cc1cc(Sc2ccc(C=O)cc2C#N)n(C)n1. The highest BCUT2D eigenvalue weighted by molar-refractivity contribution is 7.99. The first kappa shape index (κ1) is 12.4. The van der Waals surface area contributed by atoms with Gasteiger partial charge in [-0.15, -0.1) is 0 Å². The zero-order valence-electron chi connectivity index (χ0n) is 10.0. The molecule has 2 rings (SSSR count).